The third-order valence-corrected chi connectivity index (χ3v) is 5.91. The number of ether oxygens (including phenoxy) is 1. The molecule has 0 saturated carbocycles. The molecule has 7 heteroatoms. The second-order valence-corrected chi connectivity index (χ2v) is 8.03. The molecule has 0 radical (unpaired) electrons. The van der Waals surface area contributed by atoms with E-state index in [1.165, 1.54) is 11.3 Å². The van der Waals surface area contributed by atoms with Gasteiger partial charge in [0.15, 0.2) is 0 Å². The summed E-state index contributed by atoms with van der Waals surface area (Å²) in [6.45, 7) is 0. The maximum Gasteiger partial charge on any atom is 0.203 e. The fourth-order valence-corrected chi connectivity index (χ4v) is 3.88. The molecule has 150 valence electrons. The number of anilines is 1. The molecule has 1 aromatic heterocycles. The molecule has 0 unspecified atom stereocenters. The van der Waals surface area contributed by atoms with E-state index in [1.54, 1.807) is 25.5 Å². The minimum Gasteiger partial charge on any atom is -0.496 e. The molecule has 3 aromatic carbocycles. The fraction of sp³-hybridized carbons (Fsp3) is 0.0435. The largest absolute Gasteiger partial charge is 0.496 e. The van der Waals surface area contributed by atoms with Gasteiger partial charge in [-0.3, -0.25) is 5.43 Å². The van der Waals surface area contributed by atoms with E-state index in [2.05, 4.69) is 27.6 Å². The van der Waals surface area contributed by atoms with Crippen LogP contribution in [0.15, 0.2) is 77.2 Å². The Labute approximate surface area is 188 Å². The molecular weight excluding hydrogens is 437 g/mol. The zero-order valence-electron chi connectivity index (χ0n) is 16.0. The van der Waals surface area contributed by atoms with Gasteiger partial charge in [0.2, 0.25) is 5.13 Å². The molecule has 0 amide bonds. The Morgan fingerprint density at radius 2 is 1.73 bits per heavy atom. The van der Waals surface area contributed by atoms with Gasteiger partial charge in [-0.05, 0) is 35.4 Å². The van der Waals surface area contributed by atoms with Gasteiger partial charge >= 0.3 is 0 Å². The van der Waals surface area contributed by atoms with Crippen molar-refractivity contribution < 1.29 is 4.74 Å². The highest BCUT2D eigenvalue weighted by atomic mass is 35.5. The van der Waals surface area contributed by atoms with E-state index < -0.39 is 0 Å². The van der Waals surface area contributed by atoms with Crippen molar-refractivity contribution in [3.8, 4) is 28.1 Å². The highest BCUT2D eigenvalue weighted by Crippen LogP contribution is 2.30. The van der Waals surface area contributed by atoms with Crippen molar-refractivity contribution in [1.29, 1.82) is 0 Å². The number of hydrogen-bond acceptors (Lipinski definition) is 5. The Bertz CT molecular complexity index is 1190. The number of halogens is 2. The van der Waals surface area contributed by atoms with Gasteiger partial charge in [0.1, 0.15) is 5.75 Å². The molecule has 1 N–H and O–H groups in total. The van der Waals surface area contributed by atoms with E-state index in [1.807, 2.05) is 47.8 Å². The van der Waals surface area contributed by atoms with Crippen LogP contribution in [0.1, 0.15) is 5.56 Å². The first-order valence-corrected chi connectivity index (χ1v) is 10.7. The molecule has 30 heavy (non-hydrogen) atoms. The Kier molecular flexibility index (Phi) is 6.33. The molecule has 0 fully saturated rings. The fourth-order valence-electron chi connectivity index (χ4n) is 2.92. The quantitative estimate of drug-likeness (QED) is 0.247. The van der Waals surface area contributed by atoms with Gasteiger partial charge in [-0.25, -0.2) is 4.98 Å². The number of aromatic nitrogens is 1. The lowest BCUT2D eigenvalue weighted by Crippen LogP contribution is -1.95. The van der Waals surface area contributed by atoms with E-state index in [0.29, 0.717) is 15.2 Å². The van der Waals surface area contributed by atoms with E-state index in [4.69, 9.17) is 27.9 Å². The summed E-state index contributed by atoms with van der Waals surface area (Å²) in [7, 11) is 1.65. The molecule has 0 aliphatic rings. The Morgan fingerprint density at radius 3 is 2.50 bits per heavy atom. The van der Waals surface area contributed by atoms with Gasteiger partial charge in [0, 0.05) is 16.5 Å². The lowest BCUT2D eigenvalue weighted by atomic mass is 10.0. The van der Waals surface area contributed by atoms with Gasteiger partial charge in [-0.15, -0.1) is 11.3 Å². The minimum atomic E-state index is 0.500. The molecular formula is C23H17Cl2N3OS. The average molecular weight is 454 g/mol. The summed E-state index contributed by atoms with van der Waals surface area (Å²) in [6.07, 6.45) is 1.73. The van der Waals surface area contributed by atoms with Crippen LogP contribution in [-0.4, -0.2) is 18.3 Å². The first-order chi connectivity index (χ1) is 14.6. The third kappa shape index (κ3) is 4.65. The molecule has 4 nitrogen and oxygen atoms in total. The summed E-state index contributed by atoms with van der Waals surface area (Å²) < 4.78 is 5.47. The molecule has 0 aliphatic heterocycles. The summed E-state index contributed by atoms with van der Waals surface area (Å²) in [5.74, 6) is 0.746. The van der Waals surface area contributed by atoms with Crippen LogP contribution in [0.4, 0.5) is 5.13 Å². The Hall–Kier alpha value is -2.86. The smallest absolute Gasteiger partial charge is 0.203 e. The van der Waals surface area contributed by atoms with Crippen LogP contribution in [0.5, 0.6) is 5.75 Å². The zero-order chi connectivity index (χ0) is 20.9. The summed E-state index contributed by atoms with van der Waals surface area (Å²) in [6, 6.07) is 21.6. The van der Waals surface area contributed by atoms with Crippen molar-refractivity contribution in [2.45, 2.75) is 0 Å². The highest BCUT2D eigenvalue weighted by molar-refractivity contribution is 7.14. The van der Waals surface area contributed by atoms with Gasteiger partial charge in [0.05, 0.1) is 29.1 Å². The number of nitrogens with one attached hydrogen (secondary N) is 1. The molecule has 0 aliphatic carbocycles. The van der Waals surface area contributed by atoms with Crippen molar-refractivity contribution in [2.75, 3.05) is 12.5 Å². The van der Waals surface area contributed by atoms with Crippen molar-refractivity contribution in [3.63, 3.8) is 0 Å². The van der Waals surface area contributed by atoms with Gasteiger partial charge in [-0.1, -0.05) is 65.7 Å². The van der Waals surface area contributed by atoms with Crippen LogP contribution in [0.2, 0.25) is 10.0 Å². The first-order valence-electron chi connectivity index (χ1n) is 9.07. The number of rotatable bonds is 6. The summed E-state index contributed by atoms with van der Waals surface area (Å²) in [5.41, 5.74) is 7.78. The van der Waals surface area contributed by atoms with Crippen LogP contribution in [0.25, 0.3) is 22.4 Å². The van der Waals surface area contributed by atoms with Crippen molar-refractivity contribution in [2.24, 2.45) is 5.10 Å². The highest BCUT2D eigenvalue weighted by Gasteiger charge is 2.07. The van der Waals surface area contributed by atoms with Crippen molar-refractivity contribution in [3.05, 3.63) is 87.7 Å². The molecule has 0 saturated heterocycles. The van der Waals surface area contributed by atoms with Crippen LogP contribution in [0, 0.1) is 0 Å². The average Bonchev–Trinajstić information content (AvgIpc) is 3.25. The molecule has 0 bridgehead atoms. The lowest BCUT2D eigenvalue weighted by molar-refractivity contribution is 0.414. The first kappa shape index (κ1) is 20.4. The number of hydrogen-bond donors (Lipinski definition) is 1. The third-order valence-electron chi connectivity index (χ3n) is 4.42. The second-order valence-electron chi connectivity index (χ2n) is 6.36. The van der Waals surface area contributed by atoms with Crippen LogP contribution >= 0.6 is 34.5 Å². The number of methoxy groups -OCH3 is 1. The summed E-state index contributed by atoms with van der Waals surface area (Å²) in [5, 5.41) is 7.97. The van der Waals surface area contributed by atoms with E-state index in [0.717, 1.165) is 33.7 Å². The number of hydrazone groups is 1. The van der Waals surface area contributed by atoms with Gasteiger partial charge < -0.3 is 4.74 Å². The maximum absolute atomic E-state index is 6.10. The maximum atomic E-state index is 6.10. The number of benzene rings is 3. The van der Waals surface area contributed by atoms with Gasteiger partial charge in [-0.2, -0.15) is 5.10 Å². The molecule has 4 rings (SSSR count). The van der Waals surface area contributed by atoms with Crippen molar-refractivity contribution >= 4 is 45.9 Å². The molecule has 1 heterocycles. The Balaban J connectivity index is 1.52. The number of thiazole rings is 1. The normalized spacial score (nSPS) is 11.0. The monoisotopic (exact) mass is 453 g/mol. The Morgan fingerprint density at radius 1 is 0.933 bits per heavy atom. The summed E-state index contributed by atoms with van der Waals surface area (Å²) in [4.78, 5) is 4.55. The predicted molar refractivity (Wildman–Crippen MR) is 127 cm³/mol. The van der Waals surface area contributed by atoms with E-state index in [9.17, 15) is 0 Å². The van der Waals surface area contributed by atoms with Crippen molar-refractivity contribution in [1.82, 2.24) is 4.98 Å². The van der Waals surface area contributed by atoms with Crippen LogP contribution in [-0.2, 0) is 0 Å². The van der Waals surface area contributed by atoms with E-state index in [-0.39, 0.29) is 0 Å². The summed E-state index contributed by atoms with van der Waals surface area (Å²) >= 11 is 13.5. The second kappa shape index (κ2) is 9.30. The molecule has 0 atom stereocenters. The SMILES string of the molecule is COc1ccc(-c2ccccc2)cc1/C=N/Nc1nc(-c2ccc(Cl)c(Cl)c2)cs1. The van der Waals surface area contributed by atoms with E-state index >= 15 is 0 Å². The standard InChI is InChI=1S/C23H17Cl2N3OS/c1-29-22-10-8-16(15-5-3-2-4-6-15)11-18(22)13-26-28-23-27-21(14-30-23)17-7-9-19(24)20(25)12-17/h2-14H,1H3,(H,27,28)/b26-13+. The van der Waals surface area contributed by atoms with Crippen LogP contribution < -0.4 is 10.2 Å². The zero-order valence-corrected chi connectivity index (χ0v) is 18.3. The lowest BCUT2D eigenvalue weighted by Gasteiger charge is -2.08. The topological polar surface area (TPSA) is 46.5 Å². The molecule has 0 spiro atoms. The van der Waals surface area contributed by atoms with Crippen LogP contribution in [0.3, 0.4) is 0 Å². The van der Waals surface area contributed by atoms with Gasteiger partial charge in [0.25, 0.3) is 0 Å². The minimum absolute atomic E-state index is 0.500. The molecule has 4 aromatic rings. The predicted octanol–water partition coefficient (Wildman–Crippen LogP) is 7.24. The number of nitrogens with zero attached hydrogens (tertiary/aromatic N) is 2.